The highest BCUT2D eigenvalue weighted by Gasteiger charge is 2.15. The van der Waals surface area contributed by atoms with E-state index in [0.717, 1.165) is 34.0 Å². The van der Waals surface area contributed by atoms with E-state index in [1.54, 1.807) is 14.2 Å². The van der Waals surface area contributed by atoms with E-state index in [1.165, 1.54) is 23.1 Å². The number of carbonyl (C=O) groups excluding carboxylic acids is 1. The Labute approximate surface area is 188 Å². The van der Waals surface area contributed by atoms with Crippen molar-refractivity contribution in [3.8, 4) is 22.8 Å². The van der Waals surface area contributed by atoms with Crippen LogP contribution in [0.4, 0.5) is 5.13 Å². The van der Waals surface area contributed by atoms with E-state index < -0.39 is 0 Å². The molecule has 0 bridgehead atoms. The molecule has 0 spiro atoms. The number of fused-ring (bicyclic) bond motifs is 1. The fourth-order valence-electron chi connectivity index (χ4n) is 3.22. The summed E-state index contributed by atoms with van der Waals surface area (Å²) in [7, 11) is 3.21. The summed E-state index contributed by atoms with van der Waals surface area (Å²) in [5.41, 5.74) is 3.59. The number of hydrogen-bond donors (Lipinski definition) is 1. The van der Waals surface area contributed by atoms with Gasteiger partial charge in [-0.15, -0.1) is 11.3 Å². The van der Waals surface area contributed by atoms with Crippen molar-refractivity contribution in [1.29, 1.82) is 0 Å². The highest BCUT2D eigenvalue weighted by molar-refractivity contribution is 7.99. The SMILES string of the molecule is CCn1c(SCC(=O)Nc2nc(-c3ccc(OC)cc3OC)cs2)nc2ccccc21. The molecule has 0 unspecified atom stereocenters. The summed E-state index contributed by atoms with van der Waals surface area (Å²) in [6.07, 6.45) is 0. The van der Waals surface area contributed by atoms with Gasteiger partial charge in [0, 0.05) is 23.6 Å². The number of carbonyl (C=O) groups is 1. The number of thioether (sulfide) groups is 1. The predicted molar refractivity (Wildman–Crippen MR) is 125 cm³/mol. The maximum absolute atomic E-state index is 12.5. The number of benzene rings is 2. The van der Waals surface area contributed by atoms with Crippen LogP contribution < -0.4 is 14.8 Å². The van der Waals surface area contributed by atoms with Crippen LogP contribution in [-0.4, -0.2) is 40.4 Å². The van der Waals surface area contributed by atoms with Gasteiger partial charge >= 0.3 is 0 Å². The summed E-state index contributed by atoms with van der Waals surface area (Å²) in [4.78, 5) is 21.7. The molecule has 1 N–H and O–H groups in total. The van der Waals surface area contributed by atoms with Crippen LogP contribution >= 0.6 is 23.1 Å². The smallest absolute Gasteiger partial charge is 0.236 e. The van der Waals surface area contributed by atoms with Gasteiger partial charge in [-0.1, -0.05) is 23.9 Å². The minimum atomic E-state index is -0.123. The van der Waals surface area contributed by atoms with Gasteiger partial charge in [-0.2, -0.15) is 0 Å². The molecule has 0 saturated carbocycles. The lowest BCUT2D eigenvalue weighted by Gasteiger charge is -2.08. The van der Waals surface area contributed by atoms with Crippen LogP contribution in [0.3, 0.4) is 0 Å². The third-order valence-corrected chi connectivity index (χ3v) is 6.44. The van der Waals surface area contributed by atoms with Crippen LogP contribution in [0.15, 0.2) is 53.0 Å². The van der Waals surface area contributed by atoms with Crippen molar-refractivity contribution in [2.45, 2.75) is 18.6 Å². The standard InChI is InChI=1S/C22H22N4O3S2/c1-4-26-18-8-6-5-7-16(18)24-22(26)31-13-20(27)25-21-23-17(12-30-21)15-10-9-14(28-2)11-19(15)29-3/h5-12H,4,13H2,1-3H3,(H,23,25,27). The van der Waals surface area contributed by atoms with Crippen molar-refractivity contribution in [2.75, 3.05) is 25.3 Å². The average Bonchev–Trinajstić information content (AvgIpc) is 3.41. The third-order valence-electron chi connectivity index (χ3n) is 4.70. The zero-order valence-corrected chi connectivity index (χ0v) is 19.0. The molecule has 4 rings (SSSR count). The van der Waals surface area contributed by atoms with Crippen LogP contribution in [0.25, 0.3) is 22.3 Å². The molecule has 0 aliphatic rings. The van der Waals surface area contributed by atoms with Crippen LogP contribution in [0.1, 0.15) is 6.92 Å². The quantitative estimate of drug-likeness (QED) is 0.381. The van der Waals surface area contributed by atoms with E-state index in [-0.39, 0.29) is 11.7 Å². The van der Waals surface area contributed by atoms with E-state index in [0.29, 0.717) is 16.6 Å². The van der Waals surface area contributed by atoms with E-state index in [2.05, 4.69) is 26.8 Å². The highest BCUT2D eigenvalue weighted by atomic mass is 32.2. The first-order valence-corrected chi connectivity index (χ1v) is 11.5. The van der Waals surface area contributed by atoms with Crippen LogP contribution in [0.5, 0.6) is 11.5 Å². The van der Waals surface area contributed by atoms with Crippen LogP contribution in [0, 0.1) is 0 Å². The number of aromatic nitrogens is 3. The van der Waals surface area contributed by atoms with Crippen LogP contribution in [0.2, 0.25) is 0 Å². The number of hydrogen-bond acceptors (Lipinski definition) is 7. The van der Waals surface area contributed by atoms with Gasteiger partial charge in [-0.25, -0.2) is 9.97 Å². The summed E-state index contributed by atoms with van der Waals surface area (Å²) in [6, 6.07) is 13.5. The lowest BCUT2D eigenvalue weighted by atomic mass is 10.1. The molecule has 0 aliphatic carbocycles. The normalized spacial score (nSPS) is 10.9. The van der Waals surface area contributed by atoms with Gasteiger partial charge < -0.3 is 19.4 Å². The highest BCUT2D eigenvalue weighted by Crippen LogP contribution is 2.35. The number of aryl methyl sites for hydroxylation is 1. The van der Waals surface area contributed by atoms with Crippen molar-refractivity contribution in [1.82, 2.24) is 14.5 Å². The number of methoxy groups -OCH3 is 2. The largest absolute Gasteiger partial charge is 0.497 e. The second kappa shape index (κ2) is 9.40. The summed E-state index contributed by atoms with van der Waals surface area (Å²) in [5, 5.41) is 6.15. The van der Waals surface area contributed by atoms with Crippen molar-refractivity contribution in [2.24, 2.45) is 0 Å². The number of para-hydroxylation sites is 2. The molecule has 7 nitrogen and oxygen atoms in total. The van der Waals surface area contributed by atoms with Gasteiger partial charge in [-0.3, -0.25) is 4.79 Å². The molecule has 31 heavy (non-hydrogen) atoms. The number of nitrogens with one attached hydrogen (secondary N) is 1. The van der Waals surface area contributed by atoms with Gasteiger partial charge in [-0.05, 0) is 31.2 Å². The molecular formula is C22H22N4O3S2. The van der Waals surface area contributed by atoms with E-state index in [4.69, 9.17) is 9.47 Å². The van der Waals surface area contributed by atoms with Gasteiger partial charge in [0.25, 0.3) is 0 Å². The molecule has 2 heterocycles. The minimum Gasteiger partial charge on any atom is -0.497 e. The van der Waals surface area contributed by atoms with Crippen molar-refractivity contribution in [3.63, 3.8) is 0 Å². The molecule has 160 valence electrons. The fraction of sp³-hybridized carbons (Fsp3) is 0.227. The predicted octanol–water partition coefficient (Wildman–Crippen LogP) is 4.93. The maximum atomic E-state index is 12.5. The molecule has 0 saturated heterocycles. The number of imidazole rings is 1. The molecule has 2 aromatic carbocycles. The second-order valence-corrected chi connectivity index (χ2v) is 8.37. The number of nitrogens with zero attached hydrogens (tertiary/aromatic N) is 3. The Morgan fingerprint density at radius 2 is 2.00 bits per heavy atom. The molecule has 4 aromatic rings. The zero-order chi connectivity index (χ0) is 21.8. The van der Waals surface area contributed by atoms with Gasteiger partial charge in [0.1, 0.15) is 11.5 Å². The second-order valence-electron chi connectivity index (χ2n) is 6.57. The number of thiazole rings is 1. The van der Waals surface area contributed by atoms with E-state index >= 15 is 0 Å². The van der Waals surface area contributed by atoms with Gasteiger partial charge in [0.2, 0.25) is 5.91 Å². The Kier molecular flexibility index (Phi) is 6.43. The molecule has 0 fully saturated rings. The topological polar surface area (TPSA) is 78.3 Å². The number of rotatable bonds is 8. The Bertz CT molecular complexity index is 1220. The Morgan fingerprint density at radius 1 is 1.16 bits per heavy atom. The van der Waals surface area contributed by atoms with Gasteiger partial charge in [0.15, 0.2) is 10.3 Å². The molecule has 0 radical (unpaired) electrons. The van der Waals surface area contributed by atoms with Crippen LogP contribution in [-0.2, 0) is 11.3 Å². The zero-order valence-electron chi connectivity index (χ0n) is 17.4. The first kappa shape index (κ1) is 21.2. The molecular weight excluding hydrogens is 432 g/mol. The molecule has 9 heteroatoms. The van der Waals surface area contributed by atoms with E-state index in [9.17, 15) is 4.79 Å². The Balaban J connectivity index is 1.43. The van der Waals surface area contributed by atoms with Gasteiger partial charge in [0.05, 0.1) is 36.7 Å². The maximum Gasteiger partial charge on any atom is 0.236 e. The van der Waals surface area contributed by atoms with Crippen molar-refractivity contribution < 1.29 is 14.3 Å². The monoisotopic (exact) mass is 454 g/mol. The fourth-order valence-corrected chi connectivity index (χ4v) is 4.82. The van der Waals surface area contributed by atoms with Crippen molar-refractivity contribution in [3.05, 3.63) is 47.8 Å². The number of amides is 1. The summed E-state index contributed by atoms with van der Waals surface area (Å²) < 4.78 is 12.8. The molecule has 0 atom stereocenters. The molecule has 2 aromatic heterocycles. The average molecular weight is 455 g/mol. The summed E-state index contributed by atoms with van der Waals surface area (Å²) >= 11 is 2.80. The number of anilines is 1. The lowest BCUT2D eigenvalue weighted by Crippen LogP contribution is -2.14. The summed E-state index contributed by atoms with van der Waals surface area (Å²) in [6.45, 7) is 2.87. The molecule has 0 aliphatic heterocycles. The summed E-state index contributed by atoms with van der Waals surface area (Å²) in [5.74, 6) is 1.50. The number of ether oxygens (including phenoxy) is 2. The first-order chi connectivity index (χ1) is 15.1. The lowest BCUT2D eigenvalue weighted by molar-refractivity contribution is -0.113. The Hall–Kier alpha value is -3.04. The Morgan fingerprint density at radius 3 is 2.77 bits per heavy atom. The van der Waals surface area contributed by atoms with E-state index in [1.807, 2.05) is 47.8 Å². The minimum absolute atomic E-state index is 0.123. The van der Waals surface area contributed by atoms with Crippen molar-refractivity contribution >= 4 is 45.2 Å². The first-order valence-electron chi connectivity index (χ1n) is 9.68. The third kappa shape index (κ3) is 4.52. The molecule has 1 amide bonds.